The maximum Gasteiger partial charge on any atom is 0.317 e. The molecule has 18 heavy (non-hydrogen) atoms. The number of carbonyl (C=O) groups excluding carboxylic acids is 2. The molecular weight excluding hydrogens is 254 g/mol. The van der Waals surface area contributed by atoms with Gasteiger partial charge in [-0.25, -0.2) is 0 Å². The number of thioether (sulfide) groups is 1. The first-order chi connectivity index (χ1) is 8.47. The summed E-state index contributed by atoms with van der Waals surface area (Å²) in [5.41, 5.74) is 1.08. The van der Waals surface area contributed by atoms with Crippen LogP contribution in [0.2, 0.25) is 0 Å². The van der Waals surface area contributed by atoms with Gasteiger partial charge in [-0.15, -0.1) is 11.8 Å². The zero-order valence-electron chi connectivity index (χ0n) is 9.60. The van der Waals surface area contributed by atoms with Gasteiger partial charge < -0.3 is 10.4 Å². The van der Waals surface area contributed by atoms with Crippen molar-refractivity contribution in [1.82, 2.24) is 0 Å². The summed E-state index contributed by atoms with van der Waals surface area (Å²) in [4.78, 5) is 34.2. The number of ketones is 1. The van der Waals surface area contributed by atoms with Crippen molar-refractivity contribution in [2.24, 2.45) is 0 Å². The number of rotatable bonds is 2. The number of carbonyl (C=O) groups is 3. The average molecular weight is 265 g/mol. The Morgan fingerprint density at radius 3 is 2.78 bits per heavy atom. The van der Waals surface area contributed by atoms with Crippen LogP contribution in [-0.4, -0.2) is 28.0 Å². The van der Waals surface area contributed by atoms with E-state index in [2.05, 4.69) is 5.32 Å². The zero-order chi connectivity index (χ0) is 13.3. The van der Waals surface area contributed by atoms with E-state index in [4.69, 9.17) is 5.11 Å². The predicted molar refractivity (Wildman–Crippen MR) is 67.0 cm³/mol. The Morgan fingerprint density at radius 2 is 2.17 bits per heavy atom. The molecule has 0 aliphatic carbocycles. The molecule has 94 valence electrons. The van der Waals surface area contributed by atoms with Crippen molar-refractivity contribution in [2.75, 3.05) is 5.32 Å². The standard InChI is InChI=1S/C12H11NO4S/c1-6(14)13-7-2-3-8-9(15)5-11(12(16)17)18-10(8)4-7/h2-4,11H,5H2,1H3,(H,13,14)(H,16,17). The SMILES string of the molecule is CC(=O)Nc1ccc2c(c1)SC(C(=O)O)CC2=O. The minimum atomic E-state index is -0.996. The van der Waals surface area contributed by atoms with Crippen molar-refractivity contribution in [2.45, 2.75) is 23.5 Å². The first kappa shape index (κ1) is 12.6. The van der Waals surface area contributed by atoms with Crippen LogP contribution < -0.4 is 5.32 Å². The highest BCUT2D eigenvalue weighted by Crippen LogP contribution is 2.36. The fourth-order valence-electron chi connectivity index (χ4n) is 1.74. The highest BCUT2D eigenvalue weighted by atomic mass is 32.2. The predicted octanol–water partition coefficient (Wildman–Crippen LogP) is 1.78. The fraction of sp³-hybridized carbons (Fsp3) is 0.250. The van der Waals surface area contributed by atoms with Gasteiger partial charge in [0.25, 0.3) is 0 Å². The molecule has 1 aromatic rings. The van der Waals surface area contributed by atoms with Gasteiger partial charge in [-0.05, 0) is 18.2 Å². The molecule has 5 nitrogen and oxygen atoms in total. The molecular formula is C12H11NO4S. The van der Waals surface area contributed by atoms with Gasteiger partial charge in [0.05, 0.1) is 0 Å². The molecule has 0 aromatic heterocycles. The summed E-state index contributed by atoms with van der Waals surface area (Å²) in [6, 6.07) is 4.89. The summed E-state index contributed by atoms with van der Waals surface area (Å²) in [5, 5.41) is 10.8. The van der Waals surface area contributed by atoms with E-state index in [9.17, 15) is 14.4 Å². The lowest BCUT2D eigenvalue weighted by Gasteiger charge is -2.20. The van der Waals surface area contributed by atoms with Gasteiger partial charge in [0.2, 0.25) is 5.91 Å². The molecule has 0 bridgehead atoms. The molecule has 1 aliphatic rings. The number of hydrogen-bond acceptors (Lipinski definition) is 4. The number of carboxylic acid groups (broad SMARTS) is 1. The smallest absolute Gasteiger partial charge is 0.317 e. The highest BCUT2D eigenvalue weighted by molar-refractivity contribution is 8.00. The van der Waals surface area contributed by atoms with Gasteiger partial charge in [-0.3, -0.25) is 14.4 Å². The Bertz CT molecular complexity index is 541. The number of anilines is 1. The average Bonchev–Trinajstić information content (AvgIpc) is 2.27. The van der Waals surface area contributed by atoms with Gasteiger partial charge in [0.1, 0.15) is 5.25 Å². The highest BCUT2D eigenvalue weighted by Gasteiger charge is 2.30. The van der Waals surface area contributed by atoms with Crippen molar-refractivity contribution in [1.29, 1.82) is 0 Å². The molecule has 1 heterocycles. The number of carboxylic acids is 1. The summed E-state index contributed by atoms with van der Waals surface area (Å²) in [6.07, 6.45) is 0.00643. The van der Waals surface area contributed by atoms with Gasteiger partial charge in [-0.1, -0.05) is 0 Å². The lowest BCUT2D eigenvalue weighted by atomic mass is 10.0. The first-order valence-electron chi connectivity index (χ1n) is 5.31. The lowest BCUT2D eigenvalue weighted by Crippen LogP contribution is -2.24. The maximum atomic E-state index is 11.8. The van der Waals surface area contributed by atoms with Crippen LogP contribution in [0.5, 0.6) is 0 Å². The molecule has 1 aliphatic heterocycles. The van der Waals surface area contributed by atoms with Gasteiger partial charge in [0, 0.05) is 29.5 Å². The summed E-state index contributed by atoms with van der Waals surface area (Å²) in [6.45, 7) is 1.39. The minimum absolute atomic E-state index is 0.00643. The summed E-state index contributed by atoms with van der Waals surface area (Å²) < 4.78 is 0. The van der Waals surface area contributed by atoms with Crippen molar-refractivity contribution >= 4 is 35.1 Å². The molecule has 0 spiro atoms. The van der Waals surface area contributed by atoms with Gasteiger partial charge in [-0.2, -0.15) is 0 Å². The maximum absolute atomic E-state index is 11.8. The summed E-state index contributed by atoms with van der Waals surface area (Å²) >= 11 is 1.14. The Balaban J connectivity index is 2.33. The first-order valence-corrected chi connectivity index (χ1v) is 6.19. The normalized spacial score (nSPS) is 18.1. The number of hydrogen-bond donors (Lipinski definition) is 2. The summed E-state index contributed by atoms with van der Waals surface area (Å²) in [7, 11) is 0. The van der Waals surface area contributed by atoms with E-state index >= 15 is 0 Å². The molecule has 1 amide bonds. The van der Waals surface area contributed by atoms with E-state index in [0.717, 1.165) is 11.8 Å². The van der Waals surface area contributed by atoms with E-state index in [1.54, 1.807) is 18.2 Å². The number of Topliss-reactive ketones (excluding diaryl/α,β-unsaturated/α-hetero) is 1. The van der Waals surface area contributed by atoms with Crippen molar-refractivity contribution < 1.29 is 19.5 Å². The molecule has 0 radical (unpaired) electrons. The molecule has 1 unspecified atom stereocenters. The van der Waals surface area contributed by atoms with Crippen LogP contribution in [0, 0.1) is 0 Å². The van der Waals surface area contributed by atoms with E-state index in [-0.39, 0.29) is 18.1 Å². The second-order valence-corrected chi connectivity index (χ2v) is 5.21. The zero-order valence-corrected chi connectivity index (χ0v) is 10.4. The third-order valence-corrected chi connectivity index (χ3v) is 3.76. The van der Waals surface area contributed by atoms with Gasteiger partial charge >= 0.3 is 5.97 Å². The number of fused-ring (bicyclic) bond motifs is 1. The number of amides is 1. The van der Waals surface area contributed by atoms with E-state index in [1.807, 2.05) is 0 Å². The Kier molecular flexibility index (Phi) is 3.38. The largest absolute Gasteiger partial charge is 0.480 e. The van der Waals surface area contributed by atoms with Crippen LogP contribution in [0.25, 0.3) is 0 Å². The van der Waals surface area contributed by atoms with E-state index in [1.165, 1.54) is 6.92 Å². The number of benzene rings is 1. The van der Waals surface area contributed by atoms with Crippen LogP contribution in [-0.2, 0) is 9.59 Å². The quantitative estimate of drug-likeness (QED) is 0.851. The third-order valence-electron chi connectivity index (χ3n) is 2.52. The Morgan fingerprint density at radius 1 is 1.44 bits per heavy atom. The Hall–Kier alpha value is -1.82. The number of nitrogens with one attached hydrogen (secondary N) is 1. The van der Waals surface area contributed by atoms with Crippen LogP contribution in [0.15, 0.2) is 23.1 Å². The molecule has 1 aromatic carbocycles. The van der Waals surface area contributed by atoms with Crippen molar-refractivity contribution in [3.63, 3.8) is 0 Å². The monoisotopic (exact) mass is 265 g/mol. The molecule has 0 saturated carbocycles. The van der Waals surface area contributed by atoms with Crippen LogP contribution in [0.4, 0.5) is 5.69 Å². The Labute approximate surface area is 108 Å². The third kappa shape index (κ3) is 2.53. The van der Waals surface area contributed by atoms with Crippen LogP contribution >= 0.6 is 11.8 Å². The van der Waals surface area contributed by atoms with Crippen LogP contribution in [0.3, 0.4) is 0 Å². The molecule has 1 atom stereocenters. The van der Waals surface area contributed by atoms with Gasteiger partial charge in [0.15, 0.2) is 5.78 Å². The summed E-state index contributed by atoms with van der Waals surface area (Å²) in [5.74, 6) is -1.38. The topological polar surface area (TPSA) is 83.5 Å². The minimum Gasteiger partial charge on any atom is -0.480 e. The molecule has 6 heteroatoms. The van der Waals surface area contributed by atoms with Crippen molar-refractivity contribution in [3.05, 3.63) is 23.8 Å². The second-order valence-electron chi connectivity index (χ2n) is 3.96. The molecule has 2 N–H and O–H groups in total. The number of aliphatic carboxylic acids is 1. The van der Waals surface area contributed by atoms with Crippen molar-refractivity contribution in [3.8, 4) is 0 Å². The fourth-order valence-corrected chi connectivity index (χ4v) is 2.89. The molecule has 2 rings (SSSR count). The molecule has 0 fully saturated rings. The van der Waals surface area contributed by atoms with E-state index < -0.39 is 11.2 Å². The lowest BCUT2D eigenvalue weighted by molar-refractivity contribution is -0.136. The molecule has 0 saturated heterocycles. The van der Waals surface area contributed by atoms with Crippen LogP contribution in [0.1, 0.15) is 23.7 Å². The second kappa shape index (κ2) is 4.81. The van der Waals surface area contributed by atoms with E-state index in [0.29, 0.717) is 16.1 Å².